The lowest BCUT2D eigenvalue weighted by atomic mass is 10.1. The van der Waals surface area contributed by atoms with Gasteiger partial charge in [0.15, 0.2) is 5.69 Å². The van der Waals surface area contributed by atoms with E-state index in [0.29, 0.717) is 30.1 Å². The number of benzene rings is 2. The van der Waals surface area contributed by atoms with Crippen molar-refractivity contribution in [2.45, 2.75) is 33.9 Å². The van der Waals surface area contributed by atoms with Crippen LogP contribution in [0.2, 0.25) is 0 Å². The van der Waals surface area contributed by atoms with Crippen LogP contribution in [0.25, 0.3) is 0 Å². The summed E-state index contributed by atoms with van der Waals surface area (Å²) in [7, 11) is 1.68. The third-order valence-corrected chi connectivity index (χ3v) is 6.09. The topological polar surface area (TPSA) is 68.0 Å². The smallest absolute Gasteiger partial charge is 0.276 e. The second-order valence-electron chi connectivity index (χ2n) is 8.54. The van der Waals surface area contributed by atoms with Crippen LogP contribution in [-0.4, -0.2) is 54.2 Å². The van der Waals surface area contributed by atoms with Gasteiger partial charge in [-0.15, -0.1) is 0 Å². The molecule has 7 nitrogen and oxygen atoms in total. The molecule has 0 atom stereocenters. The van der Waals surface area contributed by atoms with Gasteiger partial charge in [0.05, 0.1) is 12.7 Å². The highest BCUT2D eigenvalue weighted by Gasteiger charge is 2.28. The standard InChI is InChI=1S/C26H31N3O4/c1-18-8-9-24(19(2)14-18)32-17-23-20(3)33-27-25(23)26(30)29-12-10-28(11-13-29)16-21-6-5-7-22(15-21)31-4/h5-9,14-15H,10-13,16-17H2,1-4H3. The number of carbonyl (C=O) groups excluding carboxylic acids is 1. The molecule has 33 heavy (non-hydrogen) atoms. The van der Waals surface area contributed by atoms with Crippen LogP contribution in [0.5, 0.6) is 11.5 Å². The van der Waals surface area contributed by atoms with Gasteiger partial charge in [-0.25, -0.2) is 0 Å². The number of aryl methyl sites for hydroxylation is 3. The molecule has 3 aromatic rings. The molecule has 0 N–H and O–H groups in total. The molecule has 0 unspecified atom stereocenters. The zero-order valence-electron chi connectivity index (χ0n) is 19.8. The summed E-state index contributed by atoms with van der Waals surface area (Å²) < 4.78 is 16.7. The maximum atomic E-state index is 13.2. The van der Waals surface area contributed by atoms with E-state index in [2.05, 4.69) is 28.3 Å². The molecule has 1 aromatic heterocycles. The summed E-state index contributed by atoms with van der Waals surface area (Å²) in [6.45, 7) is 9.85. The van der Waals surface area contributed by atoms with Crippen LogP contribution < -0.4 is 9.47 Å². The fourth-order valence-electron chi connectivity index (χ4n) is 4.13. The van der Waals surface area contributed by atoms with Gasteiger partial charge in [-0.05, 0) is 50.1 Å². The second kappa shape index (κ2) is 10.1. The zero-order valence-corrected chi connectivity index (χ0v) is 19.8. The molecule has 1 amide bonds. The molecule has 2 heterocycles. The van der Waals surface area contributed by atoms with Crippen LogP contribution in [0.15, 0.2) is 47.0 Å². The largest absolute Gasteiger partial charge is 0.497 e. The lowest BCUT2D eigenvalue weighted by Gasteiger charge is -2.34. The number of nitrogens with zero attached hydrogens (tertiary/aromatic N) is 3. The van der Waals surface area contributed by atoms with E-state index >= 15 is 0 Å². The highest BCUT2D eigenvalue weighted by atomic mass is 16.5. The van der Waals surface area contributed by atoms with Gasteiger partial charge in [0.2, 0.25) is 0 Å². The maximum absolute atomic E-state index is 13.2. The molecule has 1 aliphatic heterocycles. The average Bonchev–Trinajstić information content (AvgIpc) is 3.19. The van der Waals surface area contributed by atoms with E-state index < -0.39 is 0 Å². The van der Waals surface area contributed by atoms with E-state index in [1.165, 1.54) is 11.1 Å². The quantitative estimate of drug-likeness (QED) is 0.540. The molecule has 1 fully saturated rings. The fraction of sp³-hybridized carbons (Fsp3) is 0.385. The summed E-state index contributed by atoms with van der Waals surface area (Å²) in [6.07, 6.45) is 0. The van der Waals surface area contributed by atoms with Crippen molar-refractivity contribution in [1.82, 2.24) is 15.0 Å². The Kier molecular flexibility index (Phi) is 6.99. The van der Waals surface area contributed by atoms with Crippen LogP contribution in [0.3, 0.4) is 0 Å². The predicted octanol–water partition coefficient (Wildman–Crippen LogP) is 4.15. The van der Waals surface area contributed by atoms with E-state index in [-0.39, 0.29) is 12.5 Å². The zero-order chi connectivity index (χ0) is 23.4. The number of hydrogen-bond acceptors (Lipinski definition) is 6. The van der Waals surface area contributed by atoms with Gasteiger partial charge in [-0.1, -0.05) is 35.0 Å². The molecule has 0 radical (unpaired) electrons. The molecule has 0 aliphatic carbocycles. The monoisotopic (exact) mass is 449 g/mol. The summed E-state index contributed by atoms with van der Waals surface area (Å²) in [5.41, 5.74) is 4.50. The predicted molar refractivity (Wildman–Crippen MR) is 126 cm³/mol. The van der Waals surface area contributed by atoms with E-state index in [4.69, 9.17) is 14.0 Å². The second-order valence-corrected chi connectivity index (χ2v) is 8.54. The lowest BCUT2D eigenvalue weighted by Crippen LogP contribution is -2.48. The minimum Gasteiger partial charge on any atom is -0.497 e. The first kappa shape index (κ1) is 22.9. The van der Waals surface area contributed by atoms with Crippen LogP contribution in [0, 0.1) is 20.8 Å². The Bertz CT molecular complexity index is 1120. The Hall–Kier alpha value is -3.32. The number of rotatable bonds is 7. The van der Waals surface area contributed by atoms with Crippen LogP contribution in [0.4, 0.5) is 0 Å². The van der Waals surface area contributed by atoms with Gasteiger partial charge in [0.1, 0.15) is 23.9 Å². The summed E-state index contributed by atoms with van der Waals surface area (Å²) in [4.78, 5) is 17.4. The van der Waals surface area contributed by atoms with Crippen molar-refractivity contribution in [1.29, 1.82) is 0 Å². The molecule has 2 aromatic carbocycles. The van der Waals surface area contributed by atoms with Crippen LogP contribution in [0.1, 0.15) is 38.5 Å². The first-order valence-electron chi connectivity index (χ1n) is 11.2. The highest BCUT2D eigenvalue weighted by Crippen LogP contribution is 2.23. The number of aromatic nitrogens is 1. The highest BCUT2D eigenvalue weighted by molar-refractivity contribution is 5.93. The molecular weight excluding hydrogens is 418 g/mol. The number of carbonyl (C=O) groups is 1. The Morgan fingerprint density at radius 3 is 2.58 bits per heavy atom. The average molecular weight is 450 g/mol. The molecule has 1 aliphatic rings. The number of piperazine rings is 1. The van der Waals surface area contributed by atoms with Crippen molar-refractivity contribution in [3.63, 3.8) is 0 Å². The molecule has 174 valence electrons. The van der Waals surface area contributed by atoms with Gasteiger partial charge in [-0.2, -0.15) is 0 Å². The minimum atomic E-state index is -0.105. The summed E-state index contributed by atoms with van der Waals surface area (Å²) in [5, 5.41) is 4.07. The normalized spacial score (nSPS) is 14.4. The molecule has 4 rings (SSSR count). The van der Waals surface area contributed by atoms with Gasteiger partial charge in [-0.3, -0.25) is 9.69 Å². The lowest BCUT2D eigenvalue weighted by molar-refractivity contribution is 0.0616. The van der Waals surface area contributed by atoms with Gasteiger partial charge in [0.25, 0.3) is 5.91 Å². The Balaban J connectivity index is 1.37. The molecular formula is C26H31N3O4. The van der Waals surface area contributed by atoms with E-state index in [0.717, 1.165) is 36.7 Å². The van der Waals surface area contributed by atoms with Crippen LogP contribution >= 0.6 is 0 Å². The first-order chi connectivity index (χ1) is 15.9. The molecule has 1 saturated heterocycles. The molecule has 0 spiro atoms. The van der Waals surface area contributed by atoms with Crippen molar-refractivity contribution in [3.8, 4) is 11.5 Å². The van der Waals surface area contributed by atoms with Gasteiger partial charge >= 0.3 is 0 Å². The maximum Gasteiger partial charge on any atom is 0.276 e. The van der Waals surface area contributed by atoms with Crippen molar-refractivity contribution in [3.05, 3.63) is 76.2 Å². The fourth-order valence-corrected chi connectivity index (χ4v) is 4.13. The third-order valence-electron chi connectivity index (χ3n) is 6.09. The summed E-state index contributed by atoms with van der Waals surface area (Å²) >= 11 is 0. The van der Waals surface area contributed by atoms with Gasteiger partial charge < -0.3 is 18.9 Å². The number of hydrogen-bond donors (Lipinski definition) is 0. The number of ether oxygens (including phenoxy) is 2. The first-order valence-corrected chi connectivity index (χ1v) is 11.2. The van der Waals surface area contributed by atoms with E-state index in [9.17, 15) is 4.79 Å². The SMILES string of the molecule is COc1cccc(CN2CCN(C(=O)c3noc(C)c3COc3ccc(C)cc3C)CC2)c1. The van der Waals surface area contributed by atoms with Crippen molar-refractivity contribution in [2.24, 2.45) is 0 Å². The third kappa shape index (κ3) is 5.37. The number of methoxy groups -OCH3 is 1. The molecule has 7 heteroatoms. The summed E-state index contributed by atoms with van der Waals surface area (Å²) in [5.74, 6) is 2.16. The van der Waals surface area contributed by atoms with E-state index in [1.54, 1.807) is 7.11 Å². The Labute approximate surface area is 194 Å². The van der Waals surface area contributed by atoms with Crippen molar-refractivity contribution < 1.29 is 18.8 Å². The van der Waals surface area contributed by atoms with E-state index in [1.807, 2.05) is 49.9 Å². The minimum absolute atomic E-state index is 0.105. The molecule has 0 saturated carbocycles. The summed E-state index contributed by atoms with van der Waals surface area (Å²) in [6, 6.07) is 14.1. The van der Waals surface area contributed by atoms with Crippen LogP contribution in [-0.2, 0) is 13.2 Å². The number of amides is 1. The van der Waals surface area contributed by atoms with Crippen molar-refractivity contribution >= 4 is 5.91 Å². The Morgan fingerprint density at radius 2 is 1.85 bits per heavy atom. The van der Waals surface area contributed by atoms with Crippen molar-refractivity contribution in [2.75, 3.05) is 33.3 Å². The Morgan fingerprint density at radius 1 is 1.06 bits per heavy atom. The molecule has 0 bridgehead atoms. The van der Waals surface area contributed by atoms with Gasteiger partial charge in [0, 0.05) is 32.7 Å².